The van der Waals surface area contributed by atoms with Gasteiger partial charge in [0.15, 0.2) is 0 Å². The summed E-state index contributed by atoms with van der Waals surface area (Å²) in [7, 11) is 2.18. The van der Waals surface area contributed by atoms with Crippen LogP contribution in [0.25, 0.3) is 0 Å². The van der Waals surface area contributed by atoms with Crippen molar-refractivity contribution in [3.8, 4) is 11.5 Å². The average Bonchev–Trinajstić information content (AvgIpc) is 2.51. The van der Waals surface area contributed by atoms with Crippen LogP contribution >= 0.6 is 0 Å². The summed E-state index contributed by atoms with van der Waals surface area (Å²) in [5.41, 5.74) is 1.01. The van der Waals surface area contributed by atoms with Crippen LogP contribution in [0, 0.1) is 0 Å². The van der Waals surface area contributed by atoms with Crippen molar-refractivity contribution in [2.75, 3.05) is 32.8 Å². The molecule has 0 spiro atoms. The molecule has 1 aromatic rings. The lowest BCUT2D eigenvalue weighted by Gasteiger charge is -2.20. The minimum Gasteiger partial charge on any atom is -0.497 e. The fourth-order valence-corrected chi connectivity index (χ4v) is 3.11. The van der Waals surface area contributed by atoms with Gasteiger partial charge >= 0.3 is 0 Å². The first-order valence-corrected chi connectivity index (χ1v) is 8.89. The number of hydrogen-bond donors (Lipinski definition) is 1. The fraction of sp³-hybridized carbons (Fsp3) is 0.600. The zero-order valence-electron chi connectivity index (χ0n) is 13.2. The van der Waals surface area contributed by atoms with Crippen molar-refractivity contribution in [2.24, 2.45) is 0 Å². The topological polar surface area (TPSA) is 64.6 Å². The van der Waals surface area contributed by atoms with Crippen molar-refractivity contribution < 1.29 is 17.9 Å². The molecule has 0 saturated carbocycles. The molecule has 0 fully saturated rings. The van der Waals surface area contributed by atoms with Crippen molar-refractivity contribution in [3.05, 3.63) is 23.8 Å². The predicted molar refractivity (Wildman–Crippen MR) is 84.9 cm³/mol. The first-order valence-electron chi connectivity index (χ1n) is 7.07. The van der Waals surface area contributed by atoms with Crippen LogP contribution in [-0.4, -0.2) is 41.2 Å². The molecule has 0 aromatic heterocycles. The molecule has 5 nitrogen and oxygen atoms in total. The zero-order chi connectivity index (χ0) is 15.9. The normalized spacial score (nSPS) is 13.0. The Hall–Kier alpha value is -1.27. The summed E-state index contributed by atoms with van der Waals surface area (Å²) < 4.78 is 33.7. The maximum absolute atomic E-state index is 11.6. The Labute approximate surface area is 127 Å². The monoisotopic (exact) mass is 315 g/mol. The highest BCUT2D eigenvalue weighted by Gasteiger charge is 2.16. The van der Waals surface area contributed by atoms with E-state index in [0.717, 1.165) is 23.5 Å². The molecule has 0 aliphatic heterocycles. The molecule has 21 heavy (non-hydrogen) atoms. The average molecular weight is 315 g/mol. The molecule has 0 aliphatic rings. The summed E-state index contributed by atoms with van der Waals surface area (Å²) in [6.45, 7) is 1.68. The van der Waals surface area contributed by atoms with Gasteiger partial charge in [0, 0.05) is 23.4 Å². The lowest BCUT2D eigenvalue weighted by molar-refractivity contribution is 0.383. The van der Waals surface area contributed by atoms with E-state index >= 15 is 0 Å². The van der Waals surface area contributed by atoms with Crippen LogP contribution in [0.1, 0.15) is 31.4 Å². The van der Waals surface area contributed by atoms with E-state index in [1.54, 1.807) is 21.1 Å². The zero-order valence-corrected chi connectivity index (χ0v) is 14.0. The minimum absolute atomic E-state index is 0.0536. The van der Waals surface area contributed by atoms with Gasteiger partial charge < -0.3 is 14.8 Å². The summed E-state index contributed by atoms with van der Waals surface area (Å²) in [5, 5.41) is 3.22. The van der Waals surface area contributed by atoms with E-state index in [2.05, 4.69) is 5.32 Å². The fourth-order valence-electron chi connectivity index (χ4n) is 2.21. The summed E-state index contributed by atoms with van der Waals surface area (Å²) in [6.07, 6.45) is 1.36. The Bertz CT molecular complexity index is 543. The van der Waals surface area contributed by atoms with Gasteiger partial charge in [-0.25, -0.2) is 8.42 Å². The van der Waals surface area contributed by atoms with Gasteiger partial charge in [-0.2, -0.15) is 0 Å². The van der Waals surface area contributed by atoms with Crippen LogP contribution in [-0.2, 0) is 9.84 Å². The Balaban J connectivity index is 2.80. The minimum atomic E-state index is -2.91. The molecule has 1 aromatic carbocycles. The van der Waals surface area contributed by atoms with Gasteiger partial charge in [0.1, 0.15) is 21.3 Å². The van der Waals surface area contributed by atoms with Gasteiger partial charge in [0.25, 0.3) is 0 Å². The summed E-state index contributed by atoms with van der Waals surface area (Å²) in [4.78, 5) is 0. The van der Waals surface area contributed by atoms with Crippen LogP contribution < -0.4 is 14.8 Å². The maximum atomic E-state index is 11.6. The molecule has 1 unspecified atom stereocenters. The smallest absolute Gasteiger partial charge is 0.150 e. The molecule has 0 aliphatic carbocycles. The molecule has 1 rings (SSSR count). The standard InChI is InChI=1S/C15H25NO4S/c1-5-21(17,18)10-6-7-14(16-2)13-9-8-12(19-3)11-15(13)20-4/h8-9,11,14,16H,5-7,10H2,1-4H3. The van der Waals surface area contributed by atoms with E-state index in [1.807, 2.05) is 25.2 Å². The van der Waals surface area contributed by atoms with Gasteiger partial charge in [0.2, 0.25) is 0 Å². The molecular formula is C15H25NO4S. The van der Waals surface area contributed by atoms with Crippen molar-refractivity contribution in [3.63, 3.8) is 0 Å². The molecule has 120 valence electrons. The number of hydrogen-bond acceptors (Lipinski definition) is 5. The van der Waals surface area contributed by atoms with E-state index < -0.39 is 9.84 Å². The van der Waals surface area contributed by atoms with Gasteiger partial charge in [-0.05, 0) is 26.0 Å². The molecule has 0 amide bonds. The molecule has 1 N–H and O–H groups in total. The van der Waals surface area contributed by atoms with Crippen molar-refractivity contribution in [2.45, 2.75) is 25.8 Å². The number of nitrogens with one attached hydrogen (secondary N) is 1. The molecule has 0 radical (unpaired) electrons. The van der Waals surface area contributed by atoms with Crippen LogP contribution in [0.4, 0.5) is 0 Å². The predicted octanol–water partition coefficient (Wildman–Crippen LogP) is 2.18. The first kappa shape index (κ1) is 17.8. The highest BCUT2D eigenvalue weighted by atomic mass is 32.2. The van der Waals surface area contributed by atoms with Crippen LogP contribution in [0.5, 0.6) is 11.5 Å². The van der Waals surface area contributed by atoms with E-state index in [-0.39, 0.29) is 17.5 Å². The number of sulfone groups is 1. The highest BCUT2D eigenvalue weighted by molar-refractivity contribution is 7.91. The third-order valence-electron chi connectivity index (χ3n) is 3.55. The maximum Gasteiger partial charge on any atom is 0.150 e. The van der Waals surface area contributed by atoms with Gasteiger partial charge in [-0.3, -0.25) is 0 Å². The van der Waals surface area contributed by atoms with Crippen LogP contribution in [0.15, 0.2) is 18.2 Å². The Morgan fingerprint density at radius 1 is 1.24 bits per heavy atom. The number of methoxy groups -OCH3 is 2. The Kier molecular flexibility index (Phi) is 6.98. The second-order valence-corrected chi connectivity index (χ2v) is 7.30. The summed E-state index contributed by atoms with van der Waals surface area (Å²) >= 11 is 0. The molecule has 0 saturated heterocycles. The van der Waals surface area contributed by atoms with E-state index in [0.29, 0.717) is 6.42 Å². The second kappa shape index (κ2) is 8.24. The van der Waals surface area contributed by atoms with Crippen LogP contribution in [0.2, 0.25) is 0 Å². The third kappa shape index (κ3) is 5.21. The quantitative estimate of drug-likeness (QED) is 0.756. The largest absolute Gasteiger partial charge is 0.497 e. The van der Waals surface area contributed by atoms with E-state index in [9.17, 15) is 8.42 Å². The van der Waals surface area contributed by atoms with Crippen molar-refractivity contribution >= 4 is 9.84 Å². The Morgan fingerprint density at radius 2 is 1.95 bits per heavy atom. The summed E-state index contributed by atoms with van der Waals surface area (Å²) in [6, 6.07) is 5.72. The Morgan fingerprint density at radius 3 is 2.48 bits per heavy atom. The van der Waals surface area contributed by atoms with E-state index in [4.69, 9.17) is 9.47 Å². The number of benzene rings is 1. The molecule has 0 heterocycles. The summed E-state index contributed by atoms with van der Waals surface area (Å²) in [5.74, 6) is 1.90. The molecular weight excluding hydrogens is 290 g/mol. The third-order valence-corrected chi connectivity index (χ3v) is 5.34. The van der Waals surface area contributed by atoms with Gasteiger partial charge in [-0.1, -0.05) is 13.0 Å². The molecule has 0 bridgehead atoms. The van der Waals surface area contributed by atoms with Gasteiger partial charge in [-0.15, -0.1) is 0 Å². The van der Waals surface area contributed by atoms with Crippen LogP contribution in [0.3, 0.4) is 0 Å². The lowest BCUT2D eigenvalue weighted by Crippen LogP contribution is -2.19. The molecule has 6 heteroatoms. The number of ether oxygens (including phenoxy) is 2. The number of rotatable bonds is 9. The second-order valence-electron chi connectivity index (χ2n) is 4.83. The van der Waals surface area contributed by atoms with Crippen molar-refractivity contribution in [1.82, 2.24) is 5.32 Å². The SMILES string of the molecule is CCS(=O)(=O)CCCC(NC)c1ccc(OC)cc1OC. The van der Waals surface area contributed by atoms with Gasteiger partial charge in [0.05, 0.1) is 20.0 Å². The molecule has 1 atom stereocenters. The van der Waals surface area contributed by atoms with E-state index in [1.165, 1.54) is 0 Å². The lowest BCUT2D eigenvalue weighted by atomic mass is 10.0. The highest BCUT2D eigenvalue weighted by Crippen LogP contribution is 2.31. The van der Waals surface area contributed by atoms with Crippen molar-refractivity contribution in [1.29, 1.82) is 0 Å². The first-order chi connectivity index (χ1) is 9.97.